The second kappa shape index (κ2) is 9.83. The van der Waals surface area contributed by atoms with Gasteiger partial charge in [0.2, 0.25) is 0 Å². The molecule has 4 heteroatoms. The van der Waals surface area contributed by atoms with Gasteiger partial charge in [0, 0.05) is 11.1 Å². The van der Waals surface area contributed by atoms with Gasteiger partial charge in [-0.1, -0.05) is 69.8 Å². The first-order valence-electron chi connectivity index (χ1n) is 11.7. The Bertz CT molecular complexity index is 615. The van der Waals surface area contributed by atoms with Gasteiger partial charge in [-0.2, -0.15) is 17.6 Å². The standard InChI is InChI=1S/C25H36F4/c1-2-8-22-17-18-23(25(28,29)24(22,26)27)12-7-6-9-19-13-15-21(16-14-19)20-10-4-3-5-11-20/h6,9,17-21H,2-5,7-8,10-16H2,1H3/b9-6+. The molecule has 0 aromatic carbocycles. The monoisotopic (exact) mass is 412 g/mol. The number of alkyl halides is 4. The van der Waals surface area contributed by atoms with Crippen molar-refractivity contribution in [1.82, 2.24) is 0 Å². The van der Waals surface area contributed by atoms with Crippen molar-refractivity contribution in [3.05, 3.63) is 35.5 Å². The molecule has 0 saturated heterocycles. The third-order valence-electron chi connectivity index (χ3n) is 7.33. The van der Waals surface area contributed by atoms with Gasteiger partial charge in [0.1, 0.15) is 0 Å². The molecule has 3 aliphatic rings. The molecule has 0 atom stereocenters. The van der Waals surface area contributed by atoms with Crippen molar-refractivity contribution in [2.45, 2.75) is 102 Å². The van der Waals surface area contributed by atoms with Crippen LogP contribution in [0.4, 0.5) is 17.6 Å². The molecule has 29 heavy (non-hydrogen) atoms. The first-order chi connectivity index (χ1) is 13.9. The Morgan fingerprint density at radius 3 is 1.93 bits per heavy atom. The second-order valence-electron chi connectivity index (χ2n) is 9.32. The van der Waals surface area contributed by atoms with Gasteiger partial charge >= 0.3 is 11.8 Å². The van der Waals surface area contributed by atoms with Crippen molar-refractivity contribution in [3.8, 4) is 0 Å². The SMILES string of the molecule is CCCC1=CC=C(CC/C=C/C2CCC(C3CCCCC3)CC2)C(F)(F)C1(F)F. The molecule has 0 radical (unpaired) electrons. The highest BCUT2D eigenvalue weighted by Gasteiger charge is 2.60. The van der Waals surface area contributed by atoms with Gasteiger partial charge in [-0.3, -0.25) is 0 Å². The number of allylic oxidation sites excluding steroid dienone is 6. The van der Waals surface area contributed by atoms with E-state index in [9.17, 15) is 17.6 Å². The Labute approximate surface area is 173 Å². The summed E-state index contributed by atoms with van der Waals surface area (Å²) in [5.74, 6) is -5.82. The fourth-order valence-electron chi connectivity index (χ4n) is 5.51. The lowest BCUT2D eigenvalue weighted by Crippen LogP contribution is -2.45. The maximum absolute atomic E-state index is 14.3. The second-order valence-corrected chi connectivity index (χ2v) is 9.32. The number of rotatable bonds is 7. The number of hydrogen-bond acceptors (Lipinski definition) is 0. The fourth-order valence-corrected chi connectivity index (χ4v) is 5.51. The highest BCUT2D eigenvalue weighted by Crippen LogP contribution is 2.49. The van der Waals surface area contributed by atoms with E-state index < -0.39 is 23.0 Å². The summed E-state index contributed by atoms with van der Waals surface area (Å²) in [4.78, 5) is 0. The van der Waals surface area contributed by atoms with Crippen LogP contribution in [0.3, 0.4) is 0 Å². The van der Waals surface area contributed by atoms with Crippen LogP contribution in [0, 0.1) is 17.8 Å². The summed E-state index contributed by atoms with van der Waals surface area (Å²) >= 11 is 0. The molecule has 0 spiro atoms. The Morgan fingerprint density at radius 2 is 1.34 bits per heavy atom. The van der Waals surface area contributed by atoms with E-state index in [4.69, 9.17) is 0 Å². The lowest BCUT2D eigenvalue weighted by molar-refractivity contribution is -0.165. The van der Waals surface area contributed by atoms with Gasteiger partial charge in [-0.05, 0) is 62.7 Å². The van der Waals surface area contributed by atoms with Crippen molar-refractivity contribution >= 4 is 0 Å². The highest BCUT2D eigenvalue weighted by molar-refractivity contribution is 5.37. The van der Waals surface area contributed by atoms with Crippen molar-refractivity contribution < 1.29 is 17.6 Å². The van der Waals surface area contributed by atoms with Gasteiger partial charge < -0.3 is 0 Å². The average molecular weight is 413 g/mol. The quantitative estimate of drug-likeness (QED) is 0.290. The molecule has 3 aliphatic carbocycles. The molecule has 0 amide bonds. The van der Waals surface area contributed by atoms with Crippen molar-refractivity contribution in [2.75, 3.05) is 0 Å². The van der Waals surface area contributed by atoms with E-state index in [1.165, 1.54) is 69.9 Å². The molecule has 0 unspecified atom stereocenters. The smallest absolute Gasteiger partial charge is 0.194 e. The van der Waals surface area contributed by atoms with E-state index in [0.29, 0.717) is 18.8 Å². The van der Waals surface area contributed by atoms with Crippen LogP contribution in [0.15, 0.2) is 35.5 Å². The fraction of sp³-hybridized carbons (Fsp3) is 0.760. The summed E-state index contributed by atoms with van der Waals surface area (Å²) in [6.07, 6.45) is 19.2. The van der Waals surface area contributed by atoms with Gasteiger partial charge in [-0.15, -0.1) is 0 Å². The number of halogens is 4. The molecular weight excluding hydrogens is 376 g/mol. The van der Waals surface area contributed by atoms with Crippen LogP contribution < -0.4 is 0 Å². The van der Waals surface area contributed by atoms with Crippen LogP contribution in [0.5, 0.6) is 0 Å². The summed E-state index contributed by atoms with van der Waals surface area (Å²) in [6.45, 7) is 1.72. The zero-order chi connectivity index (χ0) is 20.9. The minimum absolute atomic E-state index is 0.00753. The molecule has 0 heterocycles. The highest BCUT2D eigenvalue weighted by atomic mass is 19.3. The molecule has 3 rings (SSSR count). The van der Waals surface area contributed by atoms with Gasteiger partial charge in [0.05, 0.1) is 0 Å². The summed E-state index contributed by atoms with van der Waals surface area (Å²) in [5.41, 5.74) is -0.882. The molecular formula is C25H36F4. The summed E-state index contributed by atoms with van der Waals surface area (Å²) in [7, 11) is 0. The minimum Gasteiger partial charge on any atom is -0.194 e. The number of hydrogen-bond donors (Lipinski definition) is 0. The summed E-state index contributed by atoms with van der Waals surface area (Å²) in [6, 6.07) is 0. The van der Waals surface area contributed by atoms with Crippen LogP contribution in [-0.4, -0.2) is 11.8 Å². The van der Waals surface area contributed by atoms with E-state index in [0.717, 1.165) is 11.8 Å². The first-order valence-corrected chi connectivity index (χ1v) is 11.7. The Morgan fingerprint density at radius 1 is 0.793 bits per heavy atom. The molecule has 0 bridgehead atoms. The normalized spacial score (nSPS) is 30.2. The largest absolute Gasteiger partial charge is 0.335 e. The van der Waals surface area contributed by atoms with Gasteiger partial charge in [0.25, 0.3) is 0 Å². The van der Waals surface area contributed by atoms with Crippen LogP contribution in [0.1, 0.15) is 90.4 Å². The van der Waals surface area contributed by atoms with E-state index in [2.05, 4.69) is 6.08 Å². The Kier molecular flexibility index (Phi) is 7.67. The molecule has 2 fully saturated rings. The molecule has 2 saturated carbocycles. The first kappa shape index (κ1) is 22.6. The maximum Gasteiger partial charge on any atom is 0.335 e. The third-order valence-corrected chi connectivity index (χ3v) is 7.33. The van der Waals surface area contributed by atoms with Crippen molar-refractivity contribution in [1.29, 1.82) is 0 Å². The third kappa shape index (κ3) is 5.17. The molecule has 0 aromatic heterocycles. The Hall–Kier alpha value is -1.06. The molecule has 164 valence electrons. The molecule has 0 N–H and O–H groups in total. The molecule has 0 aromatic rings. The topological polar surface area (TPSA) is 0 Å². The minimum atomic E-state index is -4.07. The zero-order valence-corrected chi connectivity index (χ0v) is 17.7. The summed E-state index contributed by atoms with van der Waals surface area (Å²) < 4.78 is 57.1. The van der Waals surface area contributed by atoms with Crippen LogP contribution in [-0.2, 0) is 0 Å². The zero-order valence-electron chi connectivity index (χ0n) is 17.7. The van der Waals surface area contributed by atoms with Crippen LogP contribution in [0.2, 0.25) is 0 Å². The molecule has 0 nitrogen and oxygen atoms in total. The van der Waals surface area contributed by atoms with E-state index in [1.54, 1.807) is 6.92 Å². The van der Waals surface area contributed by atoms with E-state index in [1.807, 2.05) is 6.08 Å². The van der Waals surface area contributed by atoms with Crippen molar-refractivity contribution in [3.63, 3.8) is 0 Å². The summed E-state index contributed by atoms with van der Waals surface area (Å²) in [5, 5.41) is 0. The van der Waals surface area contributed by atoms with Crippen LogP contribution in [0.25, 0.3) is 0 Å². The maximum atomic E-state index is 14.3. The Balaban J connectivity index is 1.46. The van der Waals surface area contributed by atoms with Gasteiger partial charge in [-0.25, -0.2) is 0 Å². The predicted molar refractivity (Wildman–Crippen MR) is 111 cm³/mol. The van der Waals surface area contributed by atoms with Crippen molar-refractivity contribution in [2.24, 2.45) is 17.8 Å². The lowest BCUT2D eigenvalue weighted by atomic mass is 9.71. The van der Waals surface area contributed by atoms with Gasteiger partial charge in [0.15, 0.2) is 0 Å². The van der Waals surface area contributed by atoms with E-state index in [-0.39, 0.29) is 12.8 Å². The average Bonchev–Trinajstić information content (AvgIpc) is 2.72. The lowest BCUT2D eigenvalue weighted by Gasteiger charge is -2.35. The predicted octanol–water partition coefficient (Wildman–Crippen LogP) is 8.65. The van der Waals surface area contributed by atoms with Crippen LogP contribution >= 0.6 is 0 Å². The molecule has 0 aliphatic heterocycles. The van der Waals surface area contributed by atoms with E-state index >= 15 is 0 Å².